The number of tetrazole rings is 1. The molecule has 1 aromatic carbocycles. The highest BCUT2D eigenvalue weighted by Crippen LogP contribution is 2.12. The lowest BCUT2D eigenvalue weighted by molar-refractivity contribution is 0.460. The maximum Gasteiger partial charge on any atom is 0.191 e. The van der Waals surface area contributed by atoms with Crippen LogP contribution < -0.4 is 5.32 Å². The van der Waals surface area contributed by atoms with E-state index in [0.29, 0.717) is 11.6 Å². The van der Waals surface area contributed by atoms with E-state index < -0.39 is 0 Å². The number of hydrogen-bond donors (Lipinski definition) is 3. The van der Waals surface area contributed by atoms with Gasteiger partial charge >= 0.3 is 0 Å². The highest BCUT2D eigenvalue weighted by Gasteiger charge is 2.13. The van der Waals surface area contributed by atoms with Crippen LogP contribution in [0.3, 0.4) is 0 Å². The van der Waals surface area contributed by atoms with E-state index in [9.17, 15) is 5.11 Å². The quantitative estimate of drug-likeness (QED) is 0.738. The predicted molar refractivity (Wildman–Crippen MR) is 67.0 cm³/mol. The summed E-state index contributed by atoms with van der Waals surface area (Å²) in [6.45, 7) is 4.10. The molecule has 0 amide bonds. The average Bonchev–Trinajstić information content (AvgIpc) is 2.85. The molecule has 0 fully saturated rings. The third-order valence-corrected chi connectivity index (χ3v) is 2.76. The zero-order valence-corrected chi connectivity index (χ0v) is 10.5. The van der Waals surface area contributed by atoms with Crippen molar-refractivity contribution in [2.45, 2.75) is 32.4 Å². The molecule has 0 saturated heterocycles. The van der Waals surface area contributed by atoms with Crippen LogP contribution in [0.4, 0.5) is 0 Å². The molecule has 2 rings (SSSR count). The number of aromatic amines is 1. The van der Waals surface area contributed by atoms with E-state index >= 15 is 0 Å². The number of rotatable bonds is 5. The highest BCUT2D eigenvalue weighted by molar-refractivity contribution is 5.26. The van der Waals surface area contributed by atoms with Crippen molar-refractivity contribution in [3.8, 4) is 5.75 Å². The molecule has 0 aliphatic carbocycles. The van der Waals surface area contributed by atoms with E-state index in [1.165, 1.54) is 5.56 Å². The van der Waals surface area contributed by atoms with Crippen molar-refractivity contribution >= 4 is 0 Å². The van der Waals surface area contributed by atoms with Gasteiger partial charge in [0.2, 0.25) is 0 Å². The van der Waals surface area contributed by atoms with Gasteiger partial charge in [0.15, 0.2) is 5.82 Å². The standard InChI is InChI=1S/C12H17N5O/c1-8(7-10-3-5-11(18)6-4-10)13-9(2)12-14-16-17-15-12/h3-6,8-9,13,18H,7H2,1-2H3,(H,14,15,16,17). The minimum Gasteiger partial charge on any atom is -0.508 e. The maximum absolute atomic E-state index is 9.22. The molecule has 2 atom stereocenters. The Morgan fingerprint density at radius 3 is 2.61 bits per heavy atom. The van der Waals surface area contributed by atoms with Crippen LogP contribution in [0.25, 0.3) is 0 Å². The first kappa shape index (κ1) is 12.5. The van der Waals surface area contributed by atoms with E-state index in [0.717, 1.165) is 6.42 Å². The Bertz CT molecular complexity index is 468. The van der Waals surface area contributed by atoms with Gasteiger partial charge in [-0.25, -0.2) is 0 Å². The van der Waals surface area contributed by atoms with Crippen LogP contribution in [0.5, 0.6) is 5.75 Å². The molecule has 0 spiro atoms. The van der Waals surface area contributed by atoms with Crippen molar-refractivity contribution in [2.24, 2.45) is 0 Å². The third-order valence-electron chi connectivity index (χ3n) is 2.76. The monoisotopic (exact) mass is 247 g/mol. The van der Waals surface area contributed by atoms with Gasteiger partial charge in [0.1, 0.15) is 5.75 Å². The van der Waals surface area contributed by atoms with Crippen LogP contribution in [-0.4, -0.2) is 31.8 Å². The first-order valence-electron chi connectivity index (χ1n) is 5.92. The molecule has 2 unspecified atom stereocenters. The number of aromatic nitrogens is 4. The minimum atomic E-state index is 0.0517. The lowest BCUT2D eigenvalue weighted by Gasteiger charge is -2.17. The van der Waals surface area contributed by atoms with Gasteiger partial charge in [-0.05, 0) is 38.0 Å². The molecule has 0 bridgehead atoms. The van der Waals surface area contributed by atoms with Gasteiger partial charge in [-0.2, -0.15) is 5.21 Å². The molecule has 0 saturated carbocycles. The molecule has 3 N–H and O–H groups in total. The summed E-state index contributed by atoms with van der Waals surface area (Å²) in [4.78, 5) is 0. The summed E-state index contributed by atoms with van der Waals surface area (Å²) in [5.74, 6) is 0.951. The normalized spacial score (nSPS) is 14.3. The number of hydrogen-bond acceptors (Lipinski definition) is 5. The van der Waals surface area contributed by atoms with E-state index in [1.807, 2.05) is 19.1 Å². The Morgan fingerprint density at radius 2 is 2.00 bits per heavy atom. The molecule has 96 valence electrons. The Morgan fingerprint density at radius 1 is 1.28 bits per heavy atom. The number of aromatic hydroxyl groups is 1. The fraction of sp³-hybridized carbons (Fsp3) is 0.417. The Balaban J connectivity index is 1.88. The van der Waals surface area contributed by atoms with E-state index in [2.05, 4.69) is 32.9 Å². The molecular formula is C12H17N5O. The van der Waals surface area contributed by atoms with Gasteiger partial charge in [0, 0.05) is 6.04 Å². The summed E-state index contributed by atoms with van der Waals surface area (Å²) in [7, 11) is 0. The summed E-state index contributed by atoms with van der Waals surface area (Å²) in [5, 5.41) is 26.5. The number of nitrogens with zero attached hydrogens (tertiary/aromatic N) is 3. The van der Waals surface area contributed by atoms with Gasteiger partial charge in [0.25, 0.3) is 0 Å². The van der Waals surface area contributed by atoms with Crippen molar-refractivity contribution in [2.75, 3.05) is 0 Å². The van der Waals surface area contributed by atoms with E-state index in [4.69, 9.17) is 0 Å². The van der Waals surface area contributed by atoms with Crippen molar-refractivity contribution in [1.82, 2.24) is 25.9 Å². The van der Waals surface area contributed by atoms with Crippen LogP contribution in [0.15, 0.2) is 24.3 Å². The zero-order chi connectivity index (χ0) is 13.0. The first-order valence-corrected chi connectivity index (χ1v) is 5.92. The molecule has 0 aliphatic rings. The predicted octanol–water partition coefficient (Wildman–Crippen LogP) is 1.19. The van der Waals surface area contributed by atoms with E-state index in [1.54, 1.807) is 12.1 Å². The summed E-state index contributed by atoms with van der Waals surface area (Å²) in [5.41, 5.74) is 1.17. The fourth-order valence-electron chi connectivity index (χ4n) is 1.90. The highest BCUT2D eigenvalue weighted by atomic mass is 16.3. The lowest BCUT2D eigenvalue weighted by Crippen LogP contribution is -2.31. The molecule has 0 aliphatic heterocycles. The van der Waals surface area contributed by atoms with Gasteiger partial charge in [-0.3, -0.25) is 0 Å². The largest absolute Gasteiger partial charge is 0.508 e. The molecule has 18 heavy (non-hydrogen) atoms. The summed E-state index contributed by atoms with van der Waals surface area (Å²) in [6, 6.07) is 7.58. The number of phenols is 1. The topological polar surface area (TPSA) is 86.7 Å². The Labute approximate surface area is 105 Å². The smallest absolute Gasteiger partial charge is 0.191 e. The van der Waals surface area contributed by atoms with Crippen LogP contribution >= 0.6 is 0 Å². The van der Waals surface area contributed by atoms with Crippen molar-refractivity contribution in [3.63, 3.8) is 0 Å². The Kier molecular flexibility index (Phi) is 3.88. The molecule has 6 heteroatoms. The second kappa shape index (κ2) is 5.59. The number of H-pyrrole nitrogens is 1. The molecule has 6 nitrogen and oxygen atoms in total. The van der Waals surface area contributed by atoms with E-state index in [-0.39, 0.29) is 12.1 Å². The zero-order valence-electron chi connectivity index (χ0n) is 10.5. The van der Waals surface area contributed by atoms with Crippen LogP contribution in [0.1, 0.15) is 31.3 Å². The number of benzene rings is 1. The maximum atomic E-state index is 9.22. The van der Waals surface area contributed by atoms with Crippen LogP contribution in [0.2, 0.25) is 0 Å². The van der Waals surface area contributed by atoms with Gasteiger partial charge in [0.05, 0.1) is 6.04 Å². The van der Waals surface area contributed by atoms with Gasteiger partial charge in [-0.1, -0.05) is 17.3 Å². The number of nitrogens with one attached hydrogen (secondary N) is 2. The average molecular weight is 247 g/mol. The van der Waals surface area contributed by atoms with Gasteiger partial charge in [-0.15, -0.1) is 10.2 Å². The van der Waals surface area contributed by atoms with Crippen LogP contribution in [0, 0.1) is 0 Å². The third kappa shape index (κ3) is 3.27. The second-order valence-electron chi connectivity index (χ2n) is 4.43. The molecule has 0 radical (unpaired) electrons. The number of phenolic OH excluding ortho intramolecular Hbond substituents is 1. The minimum absolute atomic E-state index is 0.0517. The summed E-state index contributed by atoms with van der Waals surface area (Å²) < 4.78 is 0. The van der Waals surface area contributed by atoms with Crippen molar-refractivity contribution in [3.05, 3.63) is 35.7 Å². The lowest BCUT2D eigenvalue weighted by atomic mass is 10.1. The SMILES string of the molecule is CC(Cc1ccc(O)cc1)NC(C)c1nn[nH]n1. The molecule has 1 heterocycles. The second-order valence-corrected chi connectivity index (χ2v) is 4.43. The van der Waals surface area contributed by atoms with Crippen molar-refractivity contribution < 1.29 is 5.11 Å². The fourth-order valence-corrected chi connectivity index (χ4v) is 1.90. The molecular weight excluding hydrogens is 230 g/mol. The van der Waals surface area contributed by atoms with Crippen LogP contribution in [-0.2, 0) is 6.42 Å². The molecule has 1 aromatic heterocycles. The summed E-state index contributed by atoms with van der Waals surface area (Å²) in [6.07, 6.45) is 0.877. The van der Waals surface area contributed by atoms with Crippen molar-refractivity contribution in [1.29, 1.82) is 0 Å². The first-order chi connectivity index (χ1) is 8.65. The summed E-state index contributed by atoms with van der Waals surface area (Å²) >= 11 is 0. The van der Waals surface area contributed by atoms with Gasteiger partial charge < -0.3 is 10.4 Å². The Hall–Kier alpha value is -1.95. The molecule has 2 aromatic rings.